The van der Waals surface area contributed by atoms with E-state index < -0.39 is 0 Å². The summed E-state index contributed by atoms with van der Waals surface area (Å²) in [7, 11) is 0. The molecule has 2 aliphatic heterocycles. The van der Waals surface area contributed by atoms with Crippen LogP contribution in [0.15, 0.2) is 36.9 Å². The molecule has 0 unspecified atom stereocenters. The fourth-order valence-corrected chi connectivity index (χ4v) is 8.53. The molecule has 6 rings (SSSR count). The monoisotopic (exact) mass is 594 g/mol. The third-order valence-corrected chi connectivity index (χ3v) is 11.1. The summed E-state index contributed by atoms with van der Waals surface area (Å²) in [6.45, 7) is 3.40. The lowest BCUT2D eigenvalue weighted by Crippen LogP contribution is -2.56. The van der Waals surface area contributed by atoms with Crippen LogP contribution in [0.25, 0.3) is 0 Å². The fraction of sp³-hybridized carbons (Fsp3) is 0.697. The highest BCUT2D eigenvalue weighted by Crippen LogP contribution is 2.47. The van der Waals surface area contributed by atoms with Gasteiger partial charge in [-0.1, -0.05) is 43.0 Å². The molecule has 1 atom stereocenters. The Bertz CT molecular complexity index is 1170. The van der Waals surface area contributed by atoms with Crippen molar-refractivity contribution < 1.29 is 9.59 Å². The molecule has 2 saturated heterocycles. The minimum Gasteiger partial charge on any atom is -0.341 e. The zero-order chi connectivity index (χ0) is 28.9. The van der Waals surface area contributed by atoms with Gasteiger partial charge in [0, 0.05) is 49.7 Å². The van der Waals surface area contributed by atoms with Crippen LogP contribution in [0.3, 0.4) is 0 Å². The average molecular weight is 595 g/mol. The van der Waals surface area contributed by atoms with Crippen molar-refractivity contribution in [1.82, 2.24) is 29.9 Å². The fourth-order valence-electron chi connectivity index (χ4n) is 8.41. The number of benzene rings is 1. The van der Waals surface area contributed by atoms with Gasteiger partial charge in [0.15, 0.2) is 0 Å². The van der Waals surface area contributed by atoms with Gasteiger partial charge in [0.25, 0.3) is 0 Å². The summed E-state index contributed by atoms with van der Waals surface area (Å²) in [6, 6.07) is 8.31. The molecule has 4 aliphatic rings. The van der Waals surface area contributed by atoms with E-state index in [-0.39, 0.29) is 17.4 Å². The Morgan fingerprint density at radius 3 is 2.36 bits per heavy atom. The number of halogens is 1. The summed E-state index contributed by atoms with van der Waals surface area (Å²) >= 11 is 6.18. The maximum absolute atomic E-state index is 14.2. The van der Waals surface area contributed by atoms with Gasteiger partial charge in [-0.25, -0.2) is 4.98 Å². The first-order chi connectivity index (χ1) is 20.5. The molecule has 0 radical (unpaired) electrons. The molecule has 228 valence electrons. The molecule has 3 heterocycles. The van der Waals surface area contributed by atoms with Gasteiger partial charge in [0.2, 0.25) is 11.8 Å². The summed E-state index contributed by atoms with van der Waals surface area (Å²) in [5.41, 5.74) is 1.30. The van der Waals surface area contributed by atoms with E-state index in [2.05, 4.69) is 25.2 Å². The largest absolute Gasteiger partial charge is 0.341 e. The molecule has 1 aromatic carbocycles. The number of aromatic nitrogens is 3. The molecule has 0 spiro atoms. The molecule has 2 aromatic rings. The first-order valence-corrected chi connectivity index (χ1v) is 16.8. The lowest BCUT2D eigenvalue weighted by atomic mass is 9.63. The average Bonchev–Trinajstić information content (AvgIpc) is 3.70. The van der Waals surface area contributed by atoms with Crippen molar-refractivity contribution >= 4 is 23.4 Å². The van der Waals surface area contributed by atoms with Gasteiger partial charge in [0.05, 0.1) is 6.04 Å². The van der Waals surface area contributed by atoms with Crippen LogP contribution in [-0.4, -0.2) is 74.1 Å². The summed E-state index contributed by atoms with van der Waals surface area (Å²) in [5.74, 6) is 1.23. The minimum atomic E-state index is -0.265. The Labute approximate surface area is 255 Å². The van der Waals surface area contributed by atoms with Crippen molar-refractivity contribution in [3.05, 3.63) is 47.5 Å². The molecular weight excluding hydrogens is 548 g/mol. The molecule has 1 aromatic heterocycles. The van der Waals surface area contributed by atoms with Gasteiger partial charge in [0.1, 0.15) is 12.7 Å². The molecule has 0 bridgehead atoms. The van der Waals surface area contributed by atoms with E-state index >= 15 is 0 Å². The minimum absolute atomic E-state index is 0.176. The number of likely N-dealkylation sites (tertiary alicyclic amines) is 2. The number of carbonyl (C=O) groups excluding carboxylic acids is 2. The topological polar surface area (TPSA) is 83.4 Å². The lowest BCUT2D eigenvalue weighted by molar-refractivity contribution is -0.137. The van der Waals surface area contributed by atoms with Crippen LogP contribution < -0.4 is 5.32 Å². The molecule has 2 aliphatic carbocycles. The van der Waals surface area contributed by atoms with Crippen molar-refractivity contribution in [3.63, 3.8) is 0 Å². The van der Waals surface area contributed by atoms with E-state index in [9.17, 15) is 9.59 Å². The molecule has 4 fully saturated rings. The van der Waals surface area contributed by atoms with Crippen LogP contribution in [-0.2, 0) is 22.6 Å². The zero-order valence-corrected chi connectivity index (χ0v) is 25.7. The van der Waals surface area contributed by atoms with E-state index in [0.717, 1.165) is 76.7 Å². The van der Waals surface area contributed by atoms with E-state index in [1.807, 2.05) is 35.3 Å². The van der Waals surface area contributed by atoms with Crippen molar-refractivity contribution in [3.8, 4) is 0 Å². The Balaban J connectivity index is 1.12. The van der Waals surface area contributed by atoms with Gasteiger partial charge in [-0.15, -0.1) is 0 Å². The molecule has 42 heavy (non-hydrogen) atoms. The quantitative estimate of drug-likeness (QED) is 0.428. The SMILES string of the molecule is O=C([C@@H](Cc1ccc(Cl)cc1)N[C@H]1CC[C@@H](N2CCCC2=O)CC1)N1CCC(Cn2cncn2)(C2CCCCC2)CC1. The molecule has 2 amide bonds. The van der Waals surface area contributed by atoms with Crippen molar-refractivity contribution in [2.24, 2.45) is 11.3 Å². The van der Waals surface area contributed by atoms with E-state index in [1.165, 1.54) is 32.1 Å². The molecule has 2 saturated carbocycles. The summed E-state index contributed by atoms with van der Waals surface area (Å²) in [6.07, 6.45) is 18.4. The van der Waals surface area contributed by atoms with E-state index in [1.54, 1.807) is 6.33 Å². The number of nitrogens with one attached hydrogen (secondary N) is 1. The van der Waals surface area contributed by atoms with Crippen LogP contribution >= 0.6 is 11.6 Å². The molecule has 1 N–H and O–H groups in total. The maximum atomic E-state index is 14.2. The Kier molecular flexibility index (Phi) is 9.49. The molecule has 9 heteroatoms. The second-order valence-electron chi connectivity index (χ2n) is 13.4. The summed E-state index contributed by atoms with van der Waals surface area (Å²) in [5, 5.41) is 8.99. The maximum Gasteiger partial charge on any atom is 0.240 e. The van der Waals surface area contributed by atoms with Crippen molar-refractivity contribution in [1.29, 1.82) is 0 Å². The summed E-state index contributed by atoms with van der Waals surface area (Å²) < 4.78 is 2.02. The molecular formula is C33H47ClN6O2. The van der Waals surface area contributed by atoms with Crippen LogP contribution in [0.1, 0.15) is 89.0 Å². The predicted molar refractivity (Wildman–Crippen MR) is 164 cm³/mol. The number of hydrogen-bond acceptors (Lipinski definition) is 5. The van der Waals surface area contributed by atoms with Gasteiger partial charge >= 0.3 is 0 Å². The number of carbonyl (C=O) groups is 2. The Hall–Kier alpha value is -2.45. The first kappa shape index (κ1) is 29.6. The second-order valence-corrected chi connectivity index (χ2v) is 13.8. The van der Waals surface area contributed by atoms with E-state index in [0.29, 0.717) is 41.8 Å². The summed E-state index contributed by atoms with van der Waals surface area (Å²) in [4.78, 5) is 35.0. The van der Waals surface area contributed by atoms with Crippen LogP contribution in [0.4, 0.5) is 0 Å². The Morgan fingerprint density at radius 2 is 1.71 bits per heavy atom. The van der Waals surface area contributed by atoms with E-state index in [4.69, 9.17) is 11.6 Å². The lowest BCUT2D eigenvalue weighted by Gasteiger charge is -2.48. The first-order valence-electron chi connectivity index (χ1n) is 16.4. The van der Waals surface area contributed by atoms with Crippen LogP contribution in [0.5, 0.6) is 0 Å². The predicted octanol–water partition coefficient (Wildman–Crippen LogP) is 5.26. The third-order valence-electron chi connectivity index (χ3n) is 10.8. The molecule has 8 nitrogen and oxygen atoms in total. The zero-order valence-electron chi connectivity index (χ0n) is 24.9. The highest BCUT2D eigenvalue weighted by atomic mass is 35.5. The highest BCUT2D eigenvalue weighted by molar-refractivity contribution is 6.30. The van der Waals surface area contributed by atoms with Crippen LogP contribution in [0.2, 0.25) is 5.02 Å². The van der Waals surface area contributed by atoms with Crippen molar-refractivity contribution in [2.75, 3.05) is 19.6 Å². The Morgan fingerprint density at radius 1 is 0.976 bits per heavy atom. The van der Waals surface area contributed by atoms with Crippen molar-refractivity contribution in [2.45, 2.75) is 115 Å². The standard InChI is InChI=1S/C33H47ClN6O2/c34-27-10-8-25(9-11-27)21-30(37-28-12-14-29(15-13-28)40-18-4-7-31(40)41)32(42)38-19-16-33(17-20-38,22-39-24-35-23-36-39)26-5-2-1-3-6-26/h8-11,23-24,26,28-30,37H,1-7,12-22H2/t28-,29+,30-/m1/s1. The van der Waals surface area contributed by atoms with Gasteiger partial charge in [-0.3, -0.25) is 14.3 Å². The number of rotatable bonds is 9. The van der Waals surface area contributed by atoms with Gasteiger partial charge in [-0.05, 0) is 93.2 Å². The number of amides is 2. The normalized spacial score (nSPS) is 26.0. The highest BCUT2D eigenvalue weighted by Gasteiger charge is 2.44. The number of piperidine rings is 1. The number of nitrogens with zero attached hydrogens (tertiary/aromatic N) is 5. The van der Waals surface area contributed by atoms with Gasteiger partial charge in [-0.2, -0.15) is 5.10 Å². The third kappa shape index (κ3) is 6.85. The van der Waals surface area contributed by atoms with Gasteiger partial charge < -0.3 is 15.1 Å². The second kappa shape index (κ2) is 13.5. The van der Waals surface area contributed by atoms with Crippen LogP contribution in [0, 0.1) is 11.3 Å². The number of hydrogen-bond donors (Lipinski definition) is 1. The smallest absolute Gasteiger partial charge is 0.240 e.